The first-order valence-electron chi connectivity index (χ1n) is 9.60. The van der Waals surface area contributed by atoms with Crippen LogP contribution in [-0.4, -0.2) is 51.9 Å². The minimum Gasteiger partial charge on any atom is -0.383 e. The molecule has 1 aliphatic heterocycles. The fourth-order valence-electron chi connectivity index (χ4n) is 3.18. The number of sulfonamides is 1. The number of likely N-dealkylation sites (tertiary alicyclic amines) is 1. The Hall–Kier alpha value is -2.75. The molecule has 9 heteroatoms. The van der Waals surface area contributed by atoms with Crippen LogP contribution in [0.25, 0.3) is 0 Å². The van der Waals surface area contributed by atoms with Gasteiger partial charge in [0, 0.05) is 38.9 Å². The molecule has 2 aromatic rings. The largest absolute Gasteiger partial charge is 0.383 e. The molecule has 1 fully saturated rings. The molecule has 1 unspecified atom stereocenters. The number of ether oxygens (including phenoxy) is 1. The summed E-state index contributed by atoms with van der Waals surface area (Å²) in [6.07, 6.45) is 0.158. The molecule has 0 aromatic heterocycles. The average Bonchev–Trinajstić information content (AvgIpc) is 3.13. The molecule has 0 aliphatic carbocycles. The number of hydrogen-bond acceptors (Lipinski definition) is 5. The summed E-state index contributed by atoms with van der Waals surface area (Å²) < 4.78 is 32.4. The zero-order valence-corrected chi connectivity index (χ0v) is 17.5. The van der Waals surface area contributed by atoms with Gasteiger partial charge >= 0.3 is 0 Å². The minimum absolute atomic E-state index is 0.0712. The monoisotopic (exact) mass is 431 g/mol. The van der Waals surface area contributed by atoms with Crippen LogP contribution in [0.1, 0.15) is 12.0 Å². The van der Waals surface area contributed by atoms with E-state index < -0.39 is 15.9 Å². The predicted molar refractivity (Wildman–Crippen MR) is 112 cm³/mol. The lowest BCUT2D eigenvalue weighted by Gasteiger charge is -2.16. The predicted octanol–water partition coefficient (Wildman–Crippen LogP) is 1.60. The number of nitrogens with zero attached hydrogens (tertiary/aromatic N) is 1. The van der Waals surface area contributed by atoms with Crippen molar-refractivity contribution in [3.05, 3.63) is 60.2 Å². The Morgan fingerprint density at radius 1 is 1.13 bits per heavy atom. The highest BCUT2D eigenvalue weighted by Gasteiger charge is 2.34. The lowest BCUT2D eigenvalue weighted by molar-refractivity contribution is -0.128. The SMILES string of the molecule is COCCN1CC(C(=O)Nc2ccc(S(=O)(=O)NCc3ccccc3)cc2)CC1=O. The highest BCUT2D eigenvalue weighted by molar-refractivity contribution is 7.89. The van der Waals surface area contributed by atoms with Gasteiger partial charge in [0.05, 0.1) is 17.4 Å². The van der Waals surface area contributed by atoms with E-state index in [4.69, 9.17) is 4.74 Å². The lowest BCUT2D eigenvalue weighted by Crippen LogP contribution is -2.30. The van der Waals surface area contributed by atoms with Crippen LogP contribution in [0.2, 0.25) is 0 Å². The van der Waals surface area contributed by atoms with Crippen molar-refractivity contribution in [3.8, 4) is 0 Å². The third-order valence-electron chi connectivity index (χ3n) is 4.89. The van der Waals surface area contributed by atoms with Crippen molar-refractivity contribution in [2.24, 2.45) is 5.92 Å². The van der Waals surface area contributed by atoms with E-state index >= 15 is 0 Å². The van der Waals surface area contributed by atoms with Gasteiger partial charge in [-0.15, -0.1) is 0 Å². The first kappa shape index (κ1) is 21.9. The van der Waals surface area contributed by atoms with E-state index in [1.807, 2.05) is 30.3 Å². The molecule has 2 amide bonds. The smallest absolute Gasteiger partial charge is 0.240 e. The van der Waals surface area contributed by atoms with E-state index in [1.54, 1.807) is 12.0 Å². The topological polar surface area (TPSA) is 105 Å². The third kappa shape index (κ3) is 5.65. The zero-order valence-electron chi connectivity index (χ0n) is 16.7. The first-order valence-corrected chi connectivity index (χ1v) is 11.1. The Bertz CT molecular complexity index is 977. The molecule has 160 valence electrons. The van der Waals surface area contributed by atoms with Gasteiger partial charge in [-0.05, 0) is 29.8 Å². The van der Waals surface area contributed by atoms with Crippen molar-refractivity contribution < 1.29 is 22.7 Å². The van der Waals surface area contributed by atoms with Crippen LogP contribution in [0.3, 0.4) is 0 Å². The van der Waals surface area contributed by atoms with E-state index in [9.17, 15) is 18.0 Å². The number of carbonyl (C=O) groups excluding carboxylic acids is 2. The number of rotatable bonds is 9. The third-order valence-corrected chi connectivity index (χ3v) is 6.31. The summed E-state index contributed by atoms with van der Waals surface area (Å²) in [6, 6.07) is 15.2. The molecule has 1 heterocycles. The maximum absolute atomic E-state index is 12.5. The first-order chi connectivity index (χ1) is 14.4. The highest BCUT2D eigenvalue weighted by Crippen LogP contribution is 2.21. The van der Waals surface area contributed by atoms with Gasteiger partial charge in [0.1, 0.15) is 0 Å². The number of amides is 2. The van der Waals surface area contributed by atoms with Crippen LogP contribution >= 0.6 is 0 Å². The van der Waals surface area contributed by atoms with E-state index in [-0.39, 0.29) is 29.7 Å². The summed E-state index contributed by atoms with van der Waals surface area (Å²) in [6.45, 7) is 1.43. The van der Waals surface area contributed by atoms with Crippen molar-refractivity contribution in [1.82, 2.24) is 9.62 Å². The van der Waals surface area contributed by atoms with Gasteiger partial charge < -0.3 is 15.0 Å². The molecule has 1 saturated heterocycles. The summed E-state index contributed by atoms with van der Waals surface area (Å²) in [4.78, 5) is 26.2. The van der Waals surface area contributed by atoms with Crippen LogP contribution in [0.4, 0.5) is 5.69 Å². The standard InChI is InChI=1S/C21H25N3O5S/c1-29-12-11-24-15-17(13-20(24)25)21(26)23-18-7-9-19(10-8-18)30(27,28)22-14-16-5-3-2-4-6-16/h2-10,17,22H,11-15H2,1H3,(H,23,26). The Morgan fingerprint density at radius 3 is 2.50 bits per heavy atom. The molecule has 3 rings (SSSR count). The molecule has 0 bridgehead atoms. The van der Waals surface area contributed by atoms with Crippen LogP contribution in [0, 0.1) is 5.92 Å². The van der Waals surface area contributed by atoms with Crippen LogP contribution in [-0.2, 0) is 30.9 Å². The fraction of sp³-hybridized carbons (Fsp3) is 0.333. The Kier molecular flexibility index (Phi) is 7.20. The summed E-state index contributed by atoms with van der Waals surface area (Å²) in [5.41, 5.74) is 1.33. The van der Waals surface area contributed by atoms with Crippen LogP contribution < -0.4 is 10.0 Å². The number of nitrogens with one attached hydrogen (secondary N) is 2. The molecule has 0 radical (unpaired) electrons. The molecule has 2 aromatic carbocycles. The van der Waals surface area contributed by atoms with Gasteiger partial charge in [0.15, 0.2) is 0 Å². The number of anilines is 1. The minimum atomic E-state index is -3.67. The van der Waals surface area contributed by atoms with Crippen molar-refractivity contribution >= 4 is 27.5 Å². The van der Waals surface area contributed by atoms with Crippen molar-refractivity contribution in [1.29, 1.82) is 0 Å². The molecule has 30 heavy (non-hydrogen) atoms. The van der Waals surface area contributed by atoms with Gasteiger partial charge in [-0.1, -0.05) is 30.3 Å². The van der Waals surface area contributed by atoms with E-state index in [1.165, 1.54) is 24.3 Å². The molecule has 2 N–H and O–H groups in total. The Balaban J connectivity index is 1.56. The van der Waals surface area contributed by atoms with E-state index in [0.29, 0.717) is 25.4 Å². The number of benzene rings is 2. The van der Waals surface area contributed by atoms with Crippen molar-refractivity contribution in [2.75, 3.05) is 32.1 Å². The molecule has 0 spiro atoms. The Morgan fingerprint density at radius 2 is 1.83 bits per heavy atom. The molecule has 1 aliphatic rings. The normalized spacial score (nSPS) is 16.6. The van der Waals surface area contributed by atoms with Gasteiger partial charge in [-0.25, -0.2) is 13.1 Å². The fourth-order valence-corrected chi connectivity index (χ4v) is 4.20. The molecular weight excluding hydrogens is 406 g/mol. The van der Waals surface area contributed by atoms with Gasteiger partial charge in [0.2, 0.25) is 21.8 Å². The number of carbonyl (C=O) groups is 2. The van der Waals surface area contributed by atoms with Crippen LogP contribution in [0.15, 0.2) is 59.5 Å². The number of hydrogen-bond donors (Lipinski definition) is 2. The average molecular weight is 432 g/mol. The Labute approximate surface area is 176 Å². The zero-order chi connectivity index (χ0) is 21.6. The second-order valence-electron chi connectivity index (χ2n) is 7.06. The summed E-state index contributed by atoms with van der Waals surface area (Å²) in [7, 11) is -2.11. The second kappa shape index (κ2) is 9.84. The van der Waals surface area contributed by atoms with Gasteiger partial charge in [0.25, 0.3) is 0 Å². The molecule has 0 saturated carbocycles. The molecular formula is C21H25N3O5S. The maximum atomic E-state index is 12.5. The summed E-state index contributed by atoms with van der Waals surface area (Å²) in [5.74, 6) is -0.774. The van der Waals surface area contributed by atoms with Crippen molar-refractivity contribution in [3.63, 3.8) is 0 Å². The van der Waals surface area contributed by atoms with Crippen LogP contribution in [0.5, 0.6) is 0 Å². The lowest BCUT2D eigenvalue weighted by atomic mass is 10.1. The summed E-state index contributed by atoms with van der Waals surface area (Å²) >= 11 is 0. The van der Waals surface area contributed by atoms with E-state index in [0.717, 1.165) is 5.56 Å². The maximum Gasteiger partial charge on any atom is 0.240 e. The van der Waals surface area contributed by atoms with Gasteiger partial charge in [-0.2, -0.15) is 0 Å². The molecule has 1 atom stereocenters. The highest BCUT2D eigenvalue weighted by atomic mass is 32.2. The summed E-state index contributed by atoms with van der Waals surface area (Å²) in [5, 5.41) is 2.75. The van der Waals surface area contributed by atoms with E-state index in [2.05, 4.69) is 10.0 Å². The molecule has 8 nitrogen and oxygen atoms in total. The quantitative estimate of drug-likeness (QED) is 0.628. The second-order valence-corrected chi connectivity index (χ2v) is 8.82. The van der Waals surface area contributed by atoms with Gasteiger partial charge in [-0.3, -0.25) is 9.59 Å². The number of methoxy groups -OCH3 is 1. The van der Waals surface area contributed by atoms with Crippen molar-refractivity contribution in [2.45, 2.75) is 17.9 Å².